The fraction of sp³-hybridized carbons (Fsp3) is 0.357. The Kier molecular flexibility index (Phi) is 5.13. The van der Waals surface area contributed by atoms with E-state index in [1.165, 1.54) is 0 Å². The molecule has 0 fully saturated rings. The van der Waals surface area contributed by atoms with Crippen LogP contribution >= 0.6 is 15.9 Å². The van der Waals surface area contributed by atoms with Crippen LogP contribution in [0.25, 0.3) is 10.9 Å². The summed E-state index contributed by atoms with van der Waals surface area (Å²) in [6, 6.07) is 9.92. The number of pyridine rings is 1. The lowest BCUT2D eigenvalue weighted by Crippen LogP contribution is -2.29. The van der Waals surface area contributed by atoms with Crippen molar-refractivity contribution in [1.29, 1.82) is 0 Å². The number of rotatable bonds is 6. The summed E-state index contributed by atoms with van der Waals surface area (Å²) in [7, 11) is 0. The standard InChI is InChI=1S/C14H17BrN2O2/c15-12-4-1-3-11-5-6-13(16-14(11)12)17(8-10-19)7-2-9-18/h1,3-6,18-19H,2,7-10H2. The van der Waals surface area contributed by atoms with Gasteiger partial charge in [-0.05, 0) is 40.5 Å². The van der Waals surface area contributed by atoms with Crippen molar-refractivity contribution in [1.82, 2.24) is 4.98 Å². The molecule has 2 aromatic rings. The second-order valence-electron chi connectivity index (χ2n) is 4.27. The van der Waals surface area contributed by atoms with Gasteiger partial charge in [0.15, 0.2) is 0 Å². The number of hydrogen-bond donors (Lipinski definition) is 2. The Hall–Kier alpha value is -1.17. The molecule has 2 rings (SSSR count). The van der Waals surface area contributed by atoms with Gasteiger partial charge in [0.25, 0.3) is 0 Å². The highest BCUT2D eigenvalue weighted by molar-refractivity contribution is 9.10. The number of nitrogens with zero attached hydrogens (tertiary/aromatic N) is 2. The second kappa shape index (κ2) is 6.84. The molecule has 0 unspecified atom stereocenters. The SMILES string of the molecule is OCCCN(CCO)c1ccc2cccc(Br)c2n1. The van der Waals surface area contributed by atoms with Gasteiger partial charge >= 0.3 is 0 Å². The van der Waals surface area contributed by atoms with Crippen molar-refractivity contribution in [3.63, 3.8) is 0 Å². The van der Waals surface area contributed by atoms with Crippen LogP contribution < -0.4 is 4.90 Å². The molecule has 4 nitrogen and oxygen atoms in total. The number of halogens is 1. The maximum absolute atomic E-state index is 9.12. The van der Waals surface area contributed by atoms with Gasteiger partial charge in [0.2, 0.25) is 0 Å². The van der Waals surface area contributed by atoms with Gasteiger partial charge in [0.05, 0.1) is 12.1 Å². The molecule has 0 amide bonds. The van der Waals surface area contributed by atoms with Gasteiger partial charge in [-0.15, -0.1) is 0 Å². The minimum Gasteiger partial charge on any atom is -0.396 e. The minimum atomic E-state index is 0.0705. The highest BCUT2D eigenvalue weighted by Crippen LogP contribution is 2.24. The van der Waals surface area contributed by atoms with E-state index in [0.29, 0.717) is 19.5 Å². The molecule has 0 spiro atoms. The van der Waals surface area contributed by atoms with E-state index < -0.39 is 0 Å². The summed E-state index contributed by atoms with van der Waals surface area (Å²) in [4.78, 5) is 6.61. The fourth-order valence-electron chi connectivity index (χ4n) is 2.00. The molecule has 0 aliphatic rings. The van der Waals surface area contributed by atoms with E-state index in [0.717, 1.165) is 21.2 Å². The van der Waals surface area contributed by atoms with Crippen molar-refractivity contribution >= 4 is 32.7 Å². The van der Waals surface area contributed by atoms with Gasteiger partial charge in [-0.2, -0.15) is 0 Å². The molecule has 5 heteroatoms. The molecule has 0 atom stereocenters. The molecule has 1 heterocycles. The summed E-state index contributed by atoms with van der Waals surface area (Å²) in [5.74, 6) is 0.821. The van der Waals surface area contributed by atoms with Crippen LogP contribution in [0.3, 0.4) is 0 Å². The Bertz CT molecular complexity index is 548. The van der Waals surface area contributed by atoms with Gasteiger partial charge in [0, 0.05) is 29.6 Å². The summed E-state index contributed by atoms with van der Waals surface area (Å²) < 4.78 is 0.956. The second-order valence-corrected chi connectivity index (χ2v) is 5.12. The average molecular weight is 325 g/mol. The molecular formula is C14H17BrN2O2. The van der Waals surface area contributed by atoms with Gasteiger partial charge in [-0.25, -0.2) is 4.98 Å². The molecule has 1 aromatic carbocycles. The maximum Gasteiger partial charge on any atom is 0.129 e. The molecule has 0 saturated heterocycles. The first kappa shape index (κ1) is 14.2. The van der Waals surface area contributed by atoms with Crippen LogP contribution in [0, 0.1) is 0 Å². The molecule has 19 heavy (non-hydrogen) atoms. The summed E-state index contributed by atoms with van der Waals surface area (Å²) in [5, 5.41) is 19.1. The monoisotopic (exact) mass is 324 g/mol. The van der Waals surface area contributed by atoms with E-state index >= 15 is 0 Å². The lowest BCUT2D eigenvalue weighted by atomic mass is 10.2. The Morgan fingerprint density at radius 1 is 1.05 bits per heavy atom. The number of aromatic nitrogens is 1. The smallest absolute Gasteiger partial charge is 0.129 e. The zero-order valence-corrected chi connectivity index (χ0v) is 12.2. The number of aliphatic hydroxyl groups is 2. The van der Waals surface area contributed by atoms with E-state index in [4.69, 9.17) is 10.2 Å². The average Bonchev–Trinajstić information content (AvgIpc) is 2.44. The van der Waals surface area contributed by atoms with Gasteiger partial charge < -0.3 is 15.1 Å². The number of aliphatic hydroxyl groups excluding tert-OH is 2. The molecule has 0 bridgehead atoms. The number of anilines is 1. The lowest BCUT2D eigenvalue weighted by Gasteiger charge is -2.22. The third-order valence-corrected chi connectivity index (χ3v) is 3.58. The molecule has 0 radical (unpaired) electrons. The molecule has 0 aliphatic heterocycles. The minimum absolute atomic E-state index is 0.0705. The maximum atomic E-state index is 9.12. The van der Waals surface area contributed by atoms with Crippen LogP contribution in [-0.2, 0) is 0 Å². The van der Waals surface area contributed by atoms with E-state index in [1.54, 1.807) is 0 Å². The first-order chi connectivity index (χ1) is 9.26. The third-order valence-electron chi connectivity index (χ3n) is 2.94. The van der Waals surface area contributed by atoms with Gasteiger partial charge in [0.1, 0.15) is 5.82 Å². The normalized spacial score (nSPS) is 10.9. The first-order valence-electron chi connectivity index (χ1n) is 6.28. The zero-order valence-electron chi connectivity index (χ0n) is 10.6. The number of benzene rings is 1. The molecular weight excluding hydrogens is 308 g/mol. The van der Waals surface area contributed by atoms with Crippen LogP contribution in [0.15, 0.2) is 34.8 Å². The summed E-state index contributed by atoms with van der Waals surface area (Å²) in [5.41, 5.74) is 0.909. The van der Waals surface area contributed by atoms with Crippen LogP contribution in [0.5, 0.6) is 0 Å². The molecule has 2 N–H and O–H groups in total. The predicted octanol–water partition coefficient (Wildman–Crippen LogP) is 2.18. The van der Waals surface area contributed by atoms with Crippen LogP contribution in [-0.4, -0.2) is 41.5 Å². The van der Waals surface area contributed by atoms with Crippen molar-refractivity contribution in [2.45, 2.75) is 6.42 Å². The molecule has 0 saturated carbocycles. The van der Waals surface area contributed by atoms with Crippen molar-refractivity contribution in [3.05, 3.63) is 34.8 Å². The highest BCUT2D eigenvalue weighted by Gasteiger charge is 2.09. The summed E-state index contributed by atoms with van der Waals surface area (Å²) >= 11 is 3.50. The van der Waals surface area contributed by atoms with Gasteiger partial charge in [-0.1, -0.05) is 12.1 Å². The van der Waals surface area contributed by atoms with Crippen molar-refractivity contribution < 1.29 is 10.2 Å². The van der Waals surface area contributed by atoms with E-state index in [1.807, 2.05) is 35.2 Å². The molecule has 1 aromatic heterocycles. The zero-order chi connectivity index (χ0) is 13.7. The van der Waals surface area contributed by atoms with Crippen LogP contribution in [0.4, 0.5) is 5.82 Å². The Morgan fingerprint density at radius 3 is 2.63 bits per heavy atom. The van der Waals surface area contributed by atoms with Gasteiger partial charge in [-0.3, -0.25) is 0 Å². The van der Waals surface area contributed by atoms with E-state index in [2.05, 4.69) is 20.9 Å². The third kappa shape index (κ3) is 3.43. The van der Waals surface area contributed by atoms with Crippen LogP contribution in [0.2, 0.25) is 0 Å². The number of hydrogen-bond acceptors (Lipinski definition) is 4. The van der Waals surface area contributed by atoms with Crippen molar-refractivity contribution in [3.8, 4) is 0 Å². The highest BCUT2D eigenvalue weighted by atomic mass is 79.9. The summed E-state index contributed by atoms with van der Waals surface area (Å²) in [6.07, 6.45) is 0.662. The van der Waals surface area contributed by atoms with Crippen molar-refractivity contribution in [2.75, 3.05) is 31.2 Å². The lowest BCUT2D eigenvalue weighted by molar-refractivity contribution is 0.281. The summed E-state index contributed by atoms with van der Waals surface area (Å²) in [6.45, 7) is 1.41. The largest absolute Gasteiger partial charge is 0.396 e. The quantitative estimate of drug-likeness (QED) is 0.855. The number of fused-ring (bicyclic) bond motifs is 1. The predicted molar refractivity (Wildman–Crippen MR) is 80.4 cm³/mol. The van der Waals surface area contributed by atoms with Crippen molar-refractivity contribution in [2.24, 2.45) is 0 Å². The Morgan fingerprint density at radius 2 is 1.89 bits per heavy atom. The molecule has 0 aliphatic carbocycles. The van der Waals surface area contributed by atoms with E-state index in [-0.39, 0.29) is 13.2 Å². The first-order valence-corrected chi connectivity index (χ1v) is 7.07. The fourth-order valence-corrected chi connectivity index (χ4v) is 2.47. The van der Waals surface area contributed by atoms with E-state index in [9.17, 15) is 0 Å². The number of para-hydroxylation sites is 1. The van der Waals surface area contributed by atoms with Crippen LogP contribution in [0.1, 0.15) is 6.42 Å². The Labute approximate surface area is 120 Å². The Balaban J connectivity index is 2.33. The topological polar surface area (TPSA) is 56.6 Å². The molecule has 102 valence electrons.